The van der Waals surface area contributed by atoms with Crippen molar-refractivity contribution < 1.29 is 9.53 Å². The number of nitrogens with zero attached hydrogens (tertiary/aromatic N) is 1. The molecule has 0 radical (unpaired) electrons. The predicted octanol–water partition coefficient (Wildman–Crippen LogP) is 2.09. The van der Waals surface area contributed by atoms with E-state index in [1.54, 1.807) is 0 Å². The van der Waals surface area contributed by atoms with Crippen LogP contribution in [0.1, 0.15) is 62.3 Å². The highest BCUT2D eigenvalue weighted by molar-refractivity contribution is 5.87. The number of esters is 1. The summed E-state index contributed by atoms with van der Waals surface area (Å²) in [6, 6.07) is 0. The molecular weight excluding hydrogens is 230 g/mol. The van der Waals surface area contributed by atoms with Gasteiger partial charge in [0.15, 0.2) is 0 Å². The maximum atomic E-state index is 11.8. The lowest BCUT2D eigenvalue weighted by atomic mass is 9.77. The average molecular weight is 251 g/mol. The second-order valence-electron chi connectivity index (χ2n) is 5.16. The number of nitrogens with two attached hydrogens (primary N) is 1. The number of carbonyl (C=O) groups excluding carboxylic acids is 1. The molecule has 5 heteroatoms. The summed E-state index contributed by atoms with van der Waals surface area (Å²) in [7, 11) is 0. The molecule has 1 fully saturated rings. The van der Waals surface area contributed by atoms with Gasteiger partial charge in [-0.2, -0.15) is 0 Å². The molecule has 2 rings (SSSR count). The Labute approximate surface area is 107 Å². The molecule has 0 amide bonds. The molecule has 100 valence electrons. The number of aromatic nitrogens is 2. The lowest BCUT2D eigenvalue weighted by Crippen LogP contribution is -2.44. The number of hydrogen-bond acceptors (Lipinski definition) is 4. The van der Waals surface area contributed by atoms with Gasteiger partial charge in [-0.05, 0) is 32.6 Å². The van der Waals surface area contributed by atoms with Gasteiger partial charge in [-0.25, -0.2) is 9.78 Å². The number of ether oxygens (including phenoxy) is 1. The molecule has 1 aromatic heterocycles. The van der Waals surface area contributed by atoms with E-state index in [0.717, 1.165) is 32.1 Å². The molecule has 1 saturated carbocycles. The van der Waals surface area contributed by atoms with Gasteiger partial charge in [-0.15, -0.1) is 0 Å². The fraction of sp³-hybridized carbons (Fsp3) is 0.692. The van der Waals surface area contributed by atoms with Crippen LogP contribution in [-0.2, 0) is 10.3 Å². The predicted molar refractivity (Wildman–Crippen MR) is 68.1 cm³/mol. The zero-order valence-corrected chi connectivity index (χ0v) is 11.0. The third kappa shape index (κ3) is 2.56. The highest BCUT2D eigenvalue weighted by Crippen LogP contribution is 2.36. The number of aromatic amines is 1. The smallest absolute Gasteiger partial charge is 0.356 e. The first kappa shape index (κ1) is 13.1. The van der Waals surface area contributed by atoms with Crippen LogP contribution >= 0.6 is 0 Å². The molecule has 1 atom stereocenters. The van der Waals surface area contributed by atoms with Crippen LogP contribution in [0.4, 0.5) is 0 Å². The van der Waals surface area contributed by atoms with E-state index >= 15 is 0 Å². The third-order valence-corrected chi connectivity index (χ3v) is 3.52. The van der Waals surface area contributed by atoms with Crippen molar-refractivity contribution in [1.29, 1.82) is 0 Å². The maximum absolute atomic E-state index is 11.8. The average Bonchev–Trinajstić information content (AvgIpc) is 2.75. The minimum absolute atomic E-state index is 0.0650. The third-order valence-electron chi connectivity index (χ3n) is 3.52. The second kappa shape index (κ2) is 5.10. The Morgan fingerprint density at radius 1 is 1.67 bits per heavy atom. The molecule has 1 aliphatic rings. The Kier molecular flexibility index (Phi) is 3.71. The van der Waals surface area contributed by atoms with E-state index < -0.39 is 0 Å². The van der Waals surface area contributed by atoms with Crippen LogP contribution in [0.2, 0.25) is 0 Å². The largest absolute Gasteiger partial charge is 0.458 e. The molecule has 1 aromatic rings. The number of rotatable bonds is 5. The van der Waals surface area contributed by atoms with Gasteiger partial charge in [0, 0.05) is 0 Å². The van der Waals surface area contributed by atoms with E-state index in [0.29, 0.717) is 11.5 Å². The second-order valence-corrected chi connectivity index (χ2v) is 5.16. The molecule has 5 nitrogen and oxygen atoms in total. The van der Waals surface area contributed by atoms with Gasteiger partial charge >= 0.3 is 5.97 Å². The summed E-state index contributed by atoms with van der Waals surface area (Å²) in [4.78, 5) is 19.0. The van der Waals surface area contributed by atoms with Crippen molar-refractivity contribution in [2.75, 3.05) is 0 Å². The summed E-state index contributed by atoms with van der Waals surface area (Å²) in [5.74, 6) is 0.349. The van der Waals surface area contributed by atoms with Crippen LogP contribution in [-0.4, -0.2) is 22.0 Å². The molecule has 1 unspecified atom stereocenters. The summed E-state index contributed by atoms with van der Waals surface area (Å²) < 4.78 is 5.30. The first-order valence-electron chi connectivity index (χ1n) is 6.60. The molecule has 18 heavy (non-hydrogen) atoms. The van der Waals surface area contributed by atoms with Crippen LogP contribution in [0.3, 0.4) is 0 Å². The Morgan fingerprint density at radius 2 is 2.39 bits per heavy atom. The highest BCUT2D eigenvalue weighted by Gasteiger charge is 2.37. The van der Waals surface area contributed by atoms with Crippen molar-refractivity contribution >= 4 is 5.97 Å². The van der Waals surface area contributed by atoms with Crippen LogP contribution in [0.15, 0.2) is 6.20 Å². The van der Waals surface area contributed by atoms with Gasteiger partial charge < -0.3 is 15.5 Å². The van der Waals surface area contributed by atoms with Crippen LogP contribution in [0.5, 0.6) is 0 Å². The molecule has 1 heterocycles. The zero-order chi connectivity index (χ0) is 13.2. The summed E-state index contributed by atoms with van der Waals surface area (Å²) in [6.45, 7) is 3.96. The Morgan fingerprint density at radius 3 is 2.94 bits per heavy atom. The van der Waals surface area contributed by atoms with Gasteiger partial charge in [-0.3, -0.25) is 0 Å². The van der Waals surface area contributed by atoms with Crippen LogP contribution in [0.25, 0.3) is 0 Å². The van der Waals surface area contributed by atoms with Crippen molar-refractivity contribution in [1.82, 2.24) is 9.97 Å². The molecular formula is C13H21N3O2. The molecule has 3 N–H and O–H groups in total. The van der Waals surface area contributed by atoms with E-state index in [1.807, 2.05) is 6.92 Å². The SMILES string of the molecule is CCCC(C)OC(=O)c1cnc(C2(N)CCC2)[nH]1. The lowest BCUT2D eigenvalue weighted by Gasteiger charge is -2.35. The standard InChI is InChI=1S/C13H21N3O2/c1-3-5-9(2)18-11(17)10-8-15-12(16-10)13(14)6-4-7-13/h8-9H,3-7,14H2,1-2H3,(H,15,16). The Balaban J connectivity index is 1.99. The number of nitrogens with one attached hydrogen (secondary N) is 1. The minimum atomic E-state index is -0.367. The number of H-pyrrole nitrogens is 1. The number of imidazole rings is 1. The van der Waals surface area contributed by atoms with E-state index in [1.165, 1.54) is 6.20 Å². The van der Waals surface area contributed by atoms with Crippen molar-refractivity contribution in [3.05, 3.63) is 17.7 Å². The molecule has 1 aliphatic carbocycles. The zero-order valence-electron chi connectivity index (χ0n) is 11.0. The van der Waals surface area contributed by atoms with Crippen LogP contribution in [0, 0.1) is 0 Å². The molecule has 0 saturated heterocycles. The van der Waals surface area contributed by atoms with Gasteiger partial charge in [0.05, 0.1) is 17.8 Å². The van der Waals surface area contributed by atoms with E-state index in [2.05, 4.69) is 16.9 Å². The quantitative estimate of drug-likeness (QED) is 0.785. The fourth-order valence-corrected chi connectivity index (χ4v) is 2.18. The van der Waals surface area contributed by atoms with Crippen molar-refractivity contribution in [2.24, 2.45) is 5.73 Å². The first-order chi connectivity index (χ1) is 8.55. The number of carbonyl (C=O) groups is 1. The first-order valence-corrected chi connectivity index (χ1v) is 6.60. The Hall–Kier alpha value is -1.36. The van der Waals surface area contributed by atoms with E-state index in [-0.39, 0.29) is 17.6 Å². The minimum Gasteiger partial charge on any atom is -0.458 e. The van der Waals surface area contributed by atoms with E-state index in [9.17, 15) is 4.79 Å². The monoisotopic (exact) mass is 251 g/mol. The summed E-state index contributed by atoms with van der Waals surface area (Å²) in [5, 5.41) is 0. The van der Waals surface area contributed by atoms with Gasteiger partial charge in [0.1, 0.15) is 11.5 Å². The number of hydrogen-bond donors (Lipinski definition) is 2. The molecule has 0 aromatic carbocycles. The maximum Gasteiger partial charge on any atom is 0.356 e. The molecule has 0 aliphatic heterocycles. The van der Waals surface area contributed by atoms with E-state index in [4.69, 9.17) is 10.5 Å². The normalized spacial score (nSPS) is 19.1. The fourth-order valence-electron chi connectivity index (χ4n) is 2.18. The van der Waals surface area contributed by atoms with Gasteiger partial charge in [0.25, 0.3) is 0 Å². The van der Waals surface area contributed by atoms with Gasteiger partial charge in [0.2, 0.25) is 0 Å². The van der Waals surface area contributed by atoms with Gasteiger partial charge in [-0.1, -0.05) is 13.3 Å². The summed E-state index contributed by atoms with van der Waals surface area (Å²) >= 11 is 0. The summed E-state index contributed by atoms with van der Waals surface area (Å²) in [5.41, 5.74) is 6.17. The summed E-state index contributed by atoms with van der Waals surface area (Å²) in [6.07, 6.45) is 6.27. The van der Waals surface area contributed by atoms with Crippen molar-refractivity contribution in [3.8, 4) is 0 Å². The topological polar surface area (TPSA) is 81.0 Å². The van der Waals surface area contributed by atoms with Crippen molar-refractivity contribution in [3.63, 3.8) is 0 Å². The van der Waals surface area contributed by atoms with Crippen molar-refractivity contribution in [2.45, 2.75) is 57.6 Å². The molecule has 0 bridgehead atoms. The van der Waals surface area contributed by atoms with Crippen LogP contribution < -0.4 is 5.73 Å². The lowest BCUT2D eigenvalue weighted by molar-refractivity contribution is 0.0316. The molecule has 0 spiro atoms. The highest BCUT2D eigenvalue weighted by atomic mass is 16.5. The Bertz CT molecular complexity index is 424.